The van der Waals surface area contributed by atoms with E-state index in [1.54, 1.807) is 12.2 Å². The summed E-state index contributed by atoms with van der Waals surface area (Å²) in [4.78, 5) is 0. The summed E-state index contributed by atoms with van der Waals surface area (Å²) in [5.74, 6) is 0. The van der Waals surface area contributed by atoms with Gasteiger partial charge in [0.15, 0.2) is 0 Å². The van der Waals surface area contributed by atoms with Crippen molar-refractivity contribution in [2.75, 3.05) is 0 Å². The Morgan fingerprint density at radius 3 is 2.82 bits per heavy atom. The molecule has 0 saturated carbocycles. The van der Waals surface area contributed by atoms with Crippen LogP contribution in [0.5, 0.6) is 0 Å². The van der Waals surface area contributed by atoms with Crippen LogP contribution in [0.25, 0.3) is 0 Å². The highest BCUT2D eigenvalue weighted by atomic mass is 16.3. The zero-order valence-corrected chi connectivity index (χ0v) is 6.70. The second-order valence-corrected chi connectivity index (χ2v) is 2.81. The molecule has 0 aromatic rings. The Morgan fingerprint density at radius 1 is 1.45 bits per heavy atom. The largest absolute Gasteiger partial charge is 0.386 e. The molecule has 62 valence electrons. The molecule has 0 bridgehead atoms. The molecule has 0 saturated heterocycles. The van der Waals surface area contributed by atoms with E-state index >= 15 is 0 Å². The van der Waals surface area contributed by atoms with Gasteiger partial charge in [-0.3, -0.25) is 0 Å². The predicted octanol–water partition coefficient (Wildman–Crippen LogP) is 1.00. The van der Waals surface area contributed by atoms with Gasteiger partial charge in [-0.1, -0.05) is 31.6 Å². The van der Waals surface area contributed by atoms with Crippen LogP contribution in [0.15, 0.2) is 23.8 Å². The minimum absolute atomic E-state index is 0.681. The lowest BCUT2D eigenvalue weighted by Gasteiger charge is -2.20. The van der Waals surface area contributed by atoms with Crippen LogP contribution >= 0.6 is 0 Å². The van der Waals surface area contributed by atoms with Crippen LogP contribution in [-0.2, 0) is 0 Å². The maximum absolute atomic E-state index is 9.40. The molecule has 1 aliphatic carbocycles. The second-order valence-electron chi connectivity index (χ2n) is 2.81. The lowest BCUT2D eigenvalue weighted by atomic mass is 9.96. The van der Waals surface area contributed by atoms with Crippen LogP contribution in [0.2, 0.25) is 0 Å². The molecule has 2 nitrogen and oxygen atoms in total. The first-order valence-electron chi connectivity index (χ1n) is 3.99. The van der Waals surface area contributed by atoms with Gasteiger partial charge >= 0.3 is 0 Å². The summed E-state index contributed by atoms with van der Waals surface area (Å²) >= 11 is 0. The van der Waals surface area contributed by atoms with Crippen molar-refractivity contribution in [2.45, 2.75) is 32.0 Å². The molecule has 0 aliphatic heterocycles. The van der Waals surface area contributed by atoms with E-state index in [4.69, 9.17) is 0 Å². The van der Waals surface area contributed by atoms with E-state index in [1.165, 1.54) is 0 Å². The fraction of sp³-hybridized carbons (Fsp3) is 0.556. The summed E-state index contributed by atoms with van der Waals surface area (Å²) < 4.78 is 0. The van der Waals surface area contributed by atoms with Gasteiger partial charge in [0.05, 0.1) is 0 Å². The monoisotopic (exact) mass is 154 g/mol. The Bertz CT molecular complexity index is 182. The molecule has 1 aliphatic rings. The summed E-state index contributed by atoms with van der Waals surface area (Å²) in [6, 6.07) is 0. The van der Waals surface area contributed by atoms with Crippen molar-refractivity contribution in [3.63, 3.8) is 0 Å². The fourth-order valence-electron chi connectivity index (χ4n) is 1.24. The van der Waals surface area contributed by atoms with Crippen LogP contribution in [-0.4, -0.2) is 22.4 Å². The molecule has 11 heavy (non-hydrogen) atoms. The number of hydrogen-bond acceptors (Lipinski definition) is 2. The molecule has 2 heteroatoms. The highest BCUT2D eigenvalue weighted by molar-refractivity contribution is 5.25. The van der Waals surface area contributed by atoms with Crippen LogP contribution in [0.4, 0.5) is 0 Å². The van der Waals surface area contributed by atoms with Gasteiger partial charge in [0.1, 0.15) is 12.2 Å². The predicted molar refractivity (Wildman–Crippen MR) is 44.1 cm³/mol. The third-order valence-corrected chi connectivity index (χ3v) is 1.86. The maximum atomic E-state index is 9.40. The molecular formula is C9H14O2. The number of rotatable bonds is 2. The smallest absolute Gasteiger partial charge is 0.105 e. The molecule has 0 spiro atoms. The maximum Gasteiger partial charge on any atom is 0.105 e. The van der Waals surface area contributed by atoms with Gasteiger partial charge in [-0.2, -0.15) is 0 Å². The summed E-state index contributed by atoms with van der Waals surface area (Å²) in [6.45, 7) is 2.05. The number of aliphatic hydroxyl groups is 2. The third-order valence-electron chi connectivity index (χ3n) is 1.86. The Morgan fingerprint density at radius 2 is 2.18 bits per heavy atom. The van der Waals surface area contributed by atoms with Gasteiger partial charge in [-0.25, -0.2) is 0 Å². The van der Waals surface area contributed by atoms with E-state index in [1.807, 2.05) is 6.08 Å². The Hall–Kier alpha value is -0.600. The second kappa shape index (κ2) is 3.69. The van der Waals surface area contributed by atoms with Crippen molar-refractivity contribution in [3.05, 3.63) is 23.8 Å². The first-order valence-corrected chi connectivity index (χ1v) is 3.99. The average Bonchev–Trinajstić information content (AvgIpc) is 1.99. The molecule has 2 atom stereocenters. The molecule has 0 radical (unpaired) electrons. The van der Waals surface area contributed by atoms with Gasteiger partial charge < -0.3 is 10.2 Å². The molecular weight excluding hydrogens is 140 g/mol. The molecule has 2 N–H and O–H groups in total. The summed E-state index contributed by atoms with van der Waals surface area (Å²) in [5, 5.41) is 18.6. The summed E-state index contributed by atoms with van der Waals surface area (Å²) in [7, 11) is 0. The summed E-state index contributed by atoms with van der Waals surface area (Å²) in [5.41, 5.74) is 0.933. The topological polar surface area (TPSA) is 40.5 Å². The van der Waals surface area contributed by atoms with Crippen molar-refractivity contribution in [2.24, 2.45) is 0 Å². The number of allylic oxidation sites excluding steroid dienone is 2. The molecule has 1 rings (SSSR count). The van der Waals surface area contributed by atoms with Gasteiger partial charge in [-0.05, 0) is 12.0 Å². The Kier molecular flexibility index (Phi) is 2.85. The van der Waals surface area contributed by atoms with E-state index in [9.17, 15) is 10.2 Å². The Labute approximate surface area is 66.9 Å². The van der Waals surface area contributed by atoms with Crippen molar-refractivity contribution in [3.8, 4) is 0 Å². The van der Waals surface area contributed by atoms with E-state index in [2.05, 4.69) is 6.92 Å². The van der Waals surface area contributed by atoms with E-state index in [0.717, 1.165) is 18.4 Å². The lowest BCUT2D eigenvalue weighted by molar-refractivity contribution is 0.0692. The van der Waals surface area contributed by atoms with Crippen molar-refractivity contribution >= 4 is 0 Å². The van der Waals surface area contributed by atoms with Gasteiger partial charge in [0.25, 0.3) is 0 Å². The van der Waals surface area contributed by atoms with Gasteiger partial charge in [0, 0.05) is 0 Å². The van der Waals surface area contributed by atoms with Crippen molar-refractivity contribution < 1.29 is 10.2 Å². The first kappa shape index (κ1) is 8.50. The standard InChI is InChI=1S/C9H14O2/c1-2-4-7-5-3-6-8(10)9(7)11/h3,5-6,8-11H,2,4H2,1H3/t8-,9+/m1/s1. The molecule has 0 aromatic carbocycles. The average molecular weight is 154 g/mol. The first-order chi connectivity index (χ1) is 5.25. The molecule has 0 amide bonds. The number of aliphatic hydroxyl groups excluding tert-OH is 2. The van der Waals surface area contributed by atoms with Crippen LogP contribution < -0.4 is 0 Å². The fourth-order valence-corrected chi connectivity index (χ4v) is 1.24. The summed E-state index contributed by atoms with van der Waals surface area (Å²) in [6.07, 6.45) is 5.75. The molecule has 0 aromatic heterocycles. The molecule has 0 heterocycles. The van der Waals surface area contributed by atoms with Gasteiger partial charge in [-0.15, -0.1) is 0 Å². The van der Waals surface area contributed by atoms with E-state index in [-0.39, 0.29) is 0 Å². The van der Waals surface area contributed by atoms with Crippen molar-refractivity contribution in [1.82, 2.24) is 0 Å². The quantitative estimate of drug-likeness (QED) is 0.623. The SMILES string of the molecule is CCCC1=CC=C[C@@H](O)[C@H]1O. The van der Waals surface area contributed by atoms with Crippen LogP contribution in [0, 0.1) is 0 Å². The highest BCUT2D eigenvalue weighted by Crippen LogP contribution is 2.17. The van der Waals surface area contributed by atoms with Gasteiger partial charge in [0.2, 0.25) is 0 Å². The molecule has 0 unspecified atom stereocenters. The third kappa shape index (κ3) is 1.91. The van der Waals surface area contributed by atoms with Crippen LogP contribution in [0.3, 0.4) is 0 Å². The number of hydrogen-bond donors (Lipinski definition) is 2. The van der Waals surface area contributed by atoms with Crippen LogP contribution in [0.1, 0.15) is 19.8 Å². The minimum Gasteiger partial charge on any atom is -0.386 e. The zero-order chi connectivity index (χ0) is 8.27. The minimum atomic E-state index is -0.707. The normalized spacial score (nSPS) is 30.3. The Balaban J connectivity index is 2.62. The molecule has 0 fully saturated rings. The van der Waals surface area contributed by atoms with E-state index < -0.39 is 12.2 Å². The van der Waals surface area contributed by atoms with Crippen molar-refractivity contribution in [1.29, 1.82) is 0 Å². The van der Waals surface area contributed by atoms with E-state index in [0.29, 0.717) is 0 Å². The zero-order valence-electron chi connectivity index (χ0n) is 6.70. The highest BCUT2D eigenvalue weighted by Gasteiger charge is 2.19. The lowest BCUT2D eigenvalue weighted by Crippen LogP contribution is -2.27.